The molecule has 1 unspecified atom stereocenters. The van der Waals surface area contributed by atoms with Gasteiger partial charge in [-0.25, -0.2) is 4.98 Å². The van der Waals surface area contributed by atoms with Crippen LogP contribution in [0.25, 0.3) is 10.9 Å². The van der Waals surface area contributed by atoms with Gasteiger partial charge in [0.25, 0.3) is 5.56 Å². The molecule has 0 radical (unpaired) electrons. The lowest BCUT2D eigenvalue weighted by atomic mass is 10.2. The number of carbonyl (C=O) groups is 1. The molecule has 6 nitrogen and oxygen atoms in total. The number of fused-ring (bicyclic) bond motifs is 1. The first-order valence-corrected chi connectivity index (χ1v) is 10.5. The lowest BCUT2D eigenvalue weighted by Crippen LogP contribution is -2.29. The molecule has 0 saturated heterocycles. The molecule has 1 amide bonds. The lowest BCUT2D eigenvalue weighted by Gasteiger charge is -2.18. The van der Waals surface area contributed by atoms with Crippen molar-refractivity contribution in [3.05, 3.63) is 62.9 Å². The maximum atomic E-state index is 13.0. The molecule has 0 bridgehead atoms. The van der Waals surface area contributed by atoms with E-state index in [2.05, 4.69) is 10.3 Å². The minimum absolute atomic E-state index is 0.0489. The van der Waals surface area contributed by atoms with Crippen LogP contribution in [0.15, 0.2) is 52.4 Å². The number of aromatic nitrogens is 2. The Morgan fingerprint density at radius 2 is 2.03 bits per heavy atom. The predicted molar refractivity (Wildman–Crippen MR) is 118 cm³/mol. The number of hydrogen-bond donors (Lipinski definition) is 1. The van der Waals surface area contributed by atoms with Crippen molar-refractivity contribution in [2.24, 2.45) is 0 Å². The van der Waals surface area contributed by atoms with Crippen molar-refractivity contribution in [2.75, 3.05) is 24.8 Å². The molecule has 1 heterocycles. The third kappa shape index (κ3) is 5.11. The number of amides is 1. The van der Waals surface area contributed by atoms with Crippen molar-refractivity contribution in [1.82, 2.24) is 9.55 Å². The molecule has 0 aliphatic heterocycles. The van der Waals surface area contributed by atoms with E-state index >= 15 is 0 Å². The molecule has 2 aromatic carbocycles. The van der Waals surface area contributed by atoms with Crippen molar-refractivity contribution in [3.8, 4) is 0 Å². The van der Waals surface area contributed by atoms with Gasteiger partial charge in [0.15, 0.2) is 5.16 Å². The standard InChI is InChI=1S/C20H19Cl2N3O3S/c1-12(10-28-2)25-19(27)14-5-3-4-6-16(14)24-20(25)29-11-18(26)23-17-9-13(21)7-8-15(17)22/h3-9,12H,10-11H2,1-2H3,(H,23,26). The fourth-order valence-electron chi connectivity index (χ4n) is 2.84. The van der Waals surface area contributed by atoms with Gasteiger partial charge in [0.1, 0.15) is 0 Å². The SMILES string of the molecule is COCC(C)n1c(SCC(=O)Nc2cc(Cl)ccc2Cl)nc2ccccc2c1=O. The number of hydrogen-bond acceptors (Lipinski definition) is 5. The molecule has 0 fully saturated rings. The van der Waals surface area contributed by atoms with E-state index in [0.717, 1.165) is 0 Å². The molecule has 3 rings (SSSR count). The number of nitrogens with zero attached hydrogens (tertiary/aromatic N) is 2. The van der Waals surface area contributed by atoms with E-state index in [1.807, 2.05) is 13.0 Å². The van der Waals surface area contributed by atoms with E-state index < -0.39 is 0 Å². The Kier molecular flexibility index (Phi) is 7.18. The summed E-state index contributed by atoms with van der Waals surface area (Å²) in [6, 6.07) is 11.7. The van der Waals surface area contributed by atoms with Crippen LogP contribution in [0.1, 0.15) is 13.0 Å². The van der Waals surface area contributed by atoms with Gasteiger partial charge in [-0.15, -0.1) is 0 Å². The van der Waals surface area contributed by atoms with Crippen molar-refractivity contribution in [1.29, 1.82) is 0 Å². The first-order valence-electron chi connectivity index (χ1n) is 8.78. The number of para-hydroxylation sites is 1. The number of carbonyl (C=O) groups excluding carboxylic acids is 1. The third-order valence-electron chi connectivity index (χ3n) is 4.16. The van der Waals surface area contributed by atoms with Gasteiger partial charge < -0.3 is 10.1 Å². The van der Waals surface area contributed by atoms with Gasteiger partial charge in [-0.3, -0.25) is 14.2 Å². The minimum Gasteiger partial charge on any atom is -0.383 e. The monoisotopic (exact) mass is 451 g/mol. The Hall–Kier alpha value is -2.06. The van der Waals surface area contributed by atoms with E-state index in [-0.39, 0.29) is 23.3 Å². The Balaban J connectivity index is 1.86. The van der Waals surface area contributed by atoms with Gasteiger partial charge >= 0.3 is 0 Å². The van der Waals surface area contributed by atoms with Crippen molar-refractivity contribution in [3.63, 3.8) is 0 Å². The van der Waals surface area contributed by atoms with Crippen molar-refractivity contribution >= 4 is 57.5 Å². The van der Waals surface area contributed by atoms with Crippen LogP contribution in [-0.4, -0.2) is 34.9 Å². The Morgan fingerprint density at radius 3 is 2.79 bits per heavy atom. The number of thioether (sulfide) groups is 1. The highest BCUT2D eigenvalue weighted by Crippen LogP contribution is 2.26. The number of nitrogens with one attached hydrogen (secondary N) is 1. The van der Waals surface area contributed by atoms with E-state index in [1.54, 1.807) is 48.1 Å². The first kappa shape index (κ1) is 21.6. The zero-order valence-electron chi connectivity index (χ0n) is 15.8. The van der Waals surface area contributed by atoms with Crippen LogP contribution >= 0.6 is 35.0 Å². The van der Waals surface area contributed by atoms with Crippen LogP contribution in [0, 0.1) is 0 Å². The first-order chi connectivity index (χ1) is 13.9. The number of ether oxygens (including phenoxy) is 1. The van der Waals surface area contributed by atoms with Crippen molar-refractivity contribution < 1.29 is 9.53 Å². The fraction of sp³-hybridized carbons (Fsp3) is 0.250. The number of methoxy groups -OCH3 is 1. The largest absolute Gasteiger partial charge is 0.383 e. The van der Waals surface area contributed by atoms with Crippen LogP contribution in [0.4, 0.5) is 5.69 Å². The lowest BCUT2D eigenvalue weighted by molar-refractivity contribution is -0.113. The molecule has 1 atom stereocenters. The number of anilines is 1. The molecule has 0 saturated carbocycles. The molecule has 0 aliphatic rings. The summed E-state index contributed by atoms with van der Waals surface area (Å²) < 4.78 is 6.77. The Bertz CT molecular complexity index is 1100. The number of benzene rings is 2. The van der Waals surface area contributed by atoms with E-state index in [0.29, 0.717) is 38.4 Å². The maximum Gasteiger partial charge on any atom is 0.262 e. The zero-order valence-corrected chi connectivity index (χ0v) is 18.1. The highest BCUT2D eigenvalue weighted by Gasteiger charge is 2.18. The second-order valence-corrected chi connectivity index (χ2v) is 8.14. The third-order valence-corrected chi connectivity index (χ3v) is 5.68. The van der Waals surface area contributed by atoms with Crippen LogP contribution in [0.2, 0.25) is 10.0 Å². The van der Waals surface area contributed by atoms with Gasteiger partial charge in [0, 0.05) is 12.1 Å². The van der Waals surface area contributed by atoms with Crippen LogP contribution in [0.3, 0.4) is 0 Å². The number of halogens is 2. The van der Waals surface area contributed by atoms with Crippen LogP contribution in [0.5, 0.6) is 0 Å². The summed E-state index contributed by atoms with van der Waals surface area (Å²) in [6.45, 7) is 2.22. The minimum atomic E-state index is -0.285. The Labute approximate surface area is 182 Å². The Morgan fingerprint density at radius 1 is 1.28 bits per heavy atom. The molecule has 3 aromatic rings. The van der Waals surface area contributed by atoms with Crippen LogP contribution < -0.4 is 10.9 Å². The smallest absolute Gasteiger partial charge is 0.262 e. The molecule has 152 valence electrons. The summed E-state index contributed by atoms with van der Waals surface area (Å²) in [6.07, 6.45) is 0. The van der Waals surface area contributed by atoms with Gasteiger partial charge in [-0.1, -0.05) is 47.1 Å². The molecule has 0 aliphatic carbocycles. The van der Waals surface area contributed by atoms with Gasteiger partial charge in [-0.05, 0) is 37.3 Å². The van der Waals surface area contributed by atoms with Gasteiger partial charge in [0.2, 0.25) is 5.91 Å². The highest BCUT2D eigenvalue weighted by atomic mass is 35.5. The van der Waals surface area contributed by atoms with Gasteiger partial charge in [-0.2, -0.15) is 0 Å². The quantitative estimate of drug-likeness (QED) is 0.418. The second-order valence-electron chi connectivity index (χ2n) is 6.35. The molecule has 1 aromatic heterocycles. The zero-order chi connectivity index (χ0) is 21.0. The van der Waals surface area contributed by atoms with Gasteiger partial charge in [0.05, 0.1) is 40.0 Å². The fourth-order valence-corrected chi connectivity index (χ4v) is 4.08. The molecular weight excluding hydrogens is 433 g/mol. The summed E-state index contributed by atoms with van der Waals surface area (Å²) in [4.78, 5) is 30.0. The van der Waals surface area contributed by atoms with Crippen molar-refractivity contribution in [2.45, 2.75) is 18.1 Å². The predicted octanol–water partition coefficient (Wildman–Crippen LogP) is 4.64. The summed E-state index contributed by atoms with van der Waals surface area (Å²) in [7, 11) is 1.57. The average molecular weight is 452 g/mol. The average Bonchev–Trinajstić information content (AvgIpc) is 2.69. The van der Waals surface area contributed by atoms with E-state index in [4.69, 9.17) is 27.9 Å². The van der Waals surface area contributed by atoms with E-state index in [9.17, 15) is 9.59 Å². The molecule has 9 heteroatoms. The number of rotatable bonds is 7. The highest BCUT2D eigenvalue weighted by molar-refractivity contribution is 7.99. The summed E-state index contributed by atoms with van der Waals surface area (Å²) >= 11 is 13.2. The maximum absolute atomic E-state index is 13.0. The molecule has 0 spiro atoms. The molecular formula is C20H19Cl2N3O3S. The summed E-state index contributed by atoms with van der Waals surface area (Å²) in [5.41, 5.74) is 0.849. The summed E-state index contributed by atoms with van der Waals surface area (Å²) in [5.74, 6) is -0.236. The normalized spacial score (nSPS) is 12.1. The second kappa shape index (κ2) is 9.63. The summed E-state index contributed by atoms with van der Waals surface area (Å²) in [5, 5.41) is 4.56. The van der Waals surface area contributed by atoms with E-state index in [1.165, 1.54) is 11.8 Å². The molecule has 29 heavy (non-hydrogen) atoms. The topological polar surface area (TPSA) is 73.2 Å². The molecule has 1 N–H and O–H groups in total. The van der Waals surface area contributed by atoms with Crippen LogP contribution in [-0.2, 0) is 9.53 Å².